The van der Waals surface area contributed by atoms with Gasteiger partial charge in [-0.25, -0.2) is 0 Å². The lowest BCUT2D eigenvalue weighted by Crippen LogP contribution is -2.42. The van der Waals surface area contributed by atoms with Gasteiger partial charge in [0, 0.05) is 30.0 Å². The predicted octanol–water partition coefficient (Wildman–Crippen LogP) is 7.09. The van der Waals surface area contributed by atoms with Crippen LogP contribution in [-0.4, -0.2) is 26.5 Å². The number of aryl methyl sites for hydroxylation is 1. The summed E-state index contributed by atoms with van der Waals surface area (Å²) < 4.78 is 1.95. The molecule has 7 nitrogen and oxygen atoms in total. The first-order valence-electron chi connectivity index (χ1n) is 14.8. The fraction of sp³-hybridized carbons (Fsp3) is 0.364. The van der Waals surface area contributed by atoms with Gasteiger partial charge in [0.1, 0.15) is 17.7 Å². The van der Waals surface area contributed by atoms with E-state index < -0.39 is 0 Å². The number of halogens is 1. The third-order valence-electron chi connectivity index (χ3n) is 8.30. The van der Waals surface area contributed by atoms with Crippen LogP contribution in [0.3, 0.4) is 0 Å². The molecule has 2 aliphatic rings. The molecule has 41 heavy (non-hydrogen) atoms. The zero-order valence-electron chi connectivity index (χ0n) is 23.2. The molecule has 0 bridgehead atoms. The van der Waals surface area contributed by atoms with Crippen LogP contribution in [0.4, 0.5) is 11.8 Å². The number of hydrogen-bond donors (Lipinski definition) is 3. The highest BCUT2D eigenvalue weighted by Crippen LogP contribution is 2.32. The normalized spacial score (nSPS) is 17.5. The number of aromatic nitrogens is 3. The summed E-state index contributed by atoms with van der Waals surface area (Å²) in [6, 6.07) is 21.7. The fourth-order valence-corrected chi connectivity index (χ4v) is 6.39. The van der Waals surface area contributed by atoms with Crippen molar-refractivity contribution >= 4 is 29.3 Å². The molecule has 0 saturated heterocycles. The standard InChI is InChI=1S/C33H37ClN6O/c34-26-13-8-11-24(19-26)22-35-33-38-30(21-31(39-33)40-17-6-7-18-40)36-29(20-23-9-2-1-3-10-23)32(41)37-28-16-15-25-12-4-5-14-27(25)28/h4-8,11-14,17-19,21,23,28-29H,1-3,9-10,15-16,20,22H2,(H,37,41)(H2,35,36,38,39)/t28-,29-/m1/s1. The molecule has 0 aliphatic heterocycles. The minimum absolute atomic E-state index is 0.0341. The Morgan fingerprint density at radius 2 is 1.78 bits per heavy atom. The third-order valence-corrected chi connectivity index (χ3v) is 8.54. The van der Waals surface area contributed by atoms with Gasteiger partial charge in [0.05, 0.1) is 6.04 Å². The number of hydrogen-bond acceptors (Lipinski definition) is 5. The number of rotatable bonds is 10. The molecule has 1 fully saturated rings. The van der Waals surface area contributed by atoms with Crippen LogP contribution in [0, 0.1) is 5.92 Å². The number of fused-ring (bicyclic) bond motifs is 1. The molecule has 2 heterocycles. The van der Waals surface area contributed by atoms with Gasteiger partial charge in [-0.05, 0) is 66.1 Å². The Morgan fingerprint density at radius 1 is 0.951 bits per heavy atom. The van der Waals surface area contributed by atoms with Crippen molar-refractivity contribution in [1.29, 1.82) is 0 Å². The summed E-state index contributed by atoms with van der Waals surface area (Å²) in [4.78, 5) is 23.4. The monoisotopic (exact) mass is 568 g/mol. The predicted molar refractivity (Wildman–Crippen MR) is 164 cm³/mol. The molecule has 1 saturated carbocycles. The maximum Gasteiger partial charge on any atom is 0.243 e. The van der Waals surface area contributed by atoms with Crippen LogP contribution >= 0.6 is 11.6 Å². The Balaban J connectivity index is 1.25. The van der Waals surface area contributed by atoms with Crippen LogP contribution in [0.1, 0.15) is 67.7 Å². The highest BCUT2D eigenvalue weighted by molar-refractivity contribution is 6.30. The third kappa shape index (κ3) is 6.91. The average molecular weight is 569 g/mol. The van der Waals surface area contributed by atoms with E-state index >= 15 is 0 Å². The second kappa shape index (κ2) is 12.8. The largest absolute Gasteiger partial charge is 0.358 e. The number of anilines is 2. The Morgan fingerprint density at radius 3 is 2.61 bits per heavy atom. The van der Waals surface area contributed by atoms with E-state index in [9.17, 15) is 4.79 Å². The number of amides is 1. The second-order valence-electron chi connectivity index (χ2n) is 11.2. The molecule has 4 aromatic rings. The fourth-order valence-electron chi connectivity index (χ4n) is 6.18. The average Bonchev–Trinajstić information content (AvgIpc) is 3.67. The van der Waals surface area contributed by atoms with Gasteiger partial charge < -0.3 is 20.5 Å². The van der Waals surface area contributed by atoms with Crippen molar-refractivity contribution in [2.75, 3.05) is 10.6 Å². The van der Waals surface area contributed by atoms with E-state index in [2.05, 4.69) is 40.2 Å². The molecule has 0 spiro atoms. The van der Waals surface area contributed by atoms with Crippen molar-refractivity contribution in [3.05, 3.63) is 101 Å². The summed E-state index contributed by atoms with van der Waals surface area (Å²) in [5, 5.41) is 11.0. The number of nitrogens with one attached hydrogen (secondary N) is 3. The molecular formula is C33H37ClN6O. The van der Waals surface area contributed by atoms with Gasteiger partial charge >= 0.3 is 0 Å². The molecule has 2 atom stereocenters. The van der Waals surface area contributed by atoms with Gasteiger partial charge in [0.2, 0.25) is 11.9 Å². The van der Waals surface area contributed by atoms with Crippen molar-refractivity contribution in [2.24, 2.45) is 5.92 Å². The van der Waals surface area contributed by atoms with Crippen LogP contribution in [0.2, 0.25) is 5.02 Å². The number of benzene rings is 2. The molecule has 0 unspecified atom stereocenters. The first kappa shape index (κ1) is 27.3. The van der Waals surface area contributed by atoms with Crippen molar-refractivity contribution < 1.29 is 4.79 Å². The van der Waals surface area contributed by atoms with E-state index in [1.54, 1.807) is 0 Å². The summed E-state index contributed by atoms with van der Waals surface area (Å²) in [6.45, 7) is 0.530. The summed E-state index contributed by atoms with van der Waals surface area (Å²) in [7, 11) is 0. The lowest BCUT2D eigenvalue weighted by molar-refractivity contribution is -0.123. The van der Waals surface area contributed by atoms with Crippen molar-refractivity contribution in [2.45, 2.75) is 70.0 Å². The van der Waals surface area contributed by atoms with E-state index in [1.165, 1.54) is 43.2 Å². The van der Waals surface area contributed by atoms with E-state index in [0.717, 1.165) is 30.6 Å². The molecule has 0 radical (unpaired) electrons. The minimum atomic E-state index is -0.390. The summed E-state index contributed by atoms with van der Waals surface area (Å²) in [6.07, 6.45) is 12.7. The van der Waals surface area contributed by atoms with E-state index in [1.807, 2.05) is 59.4 Å². The highest BCUT2D eigenvalue weighted by atomic mass is 35.5. The molecule has 8 heteroatoms. The first-order valence-corrected chi connectivity index (χ1v) is 15.1. The van der Waals surface area contributed by atoms with Gasteiger partial charge in [0.25, 0.3) is 0 Å². The molecule has 212 valence electrons. The van der Waals surface area contributed by atoms with Crippen molar-refractivity contribution in [1.82, 2.24) is 19.9 Å². The topological polar surface area (TPSA) is 83.9 Å². The zero-order chi connectivity index (χ0) is 28.0. The van der Waals surface area contributed by atoms with Crippen LogP contribution in [0.15, 0.2) is 79.1 Å². The maximum absolute atomic E-state index is 13.9. The molecule has 3 N–H and O–H groups in total. The highest BCUT2D eigenvalue weighted by Gasteiger charge is 2.29. The van der Waals surface area contributed by atoms with Crippen LogP contribution in [0.25, 0.3) is 5.82 Å². The number of nitrogens with zero attached hydrogens (tertiary/aromatic N) is 3. The van der Waals surface area contributed by atoms with E-state index in [-0.39, 0.29) is 18.0 Å². The maximum atomic E-state index is 13.9. The van der Waals surface area contributed by atoms with E-state index in [0.29, 0.717) is 29.3 Å². The second-order valence-corrected chi connectivity index (χ2v) is 11.7. The van der Waals surface area contributed by atoms with Crippen LogP contribution in [0.5, 0.6) is 0 Å². The van der Waals surface area contributed by atoms with Gasteiger partial charge in [-0.3, -0.25) is 4.79 Å². The van der Waals surface area contributed by atoms with Crippen molar-refractivity contribution in [3.8, 4) is 5.82 Å². The Bertz CT molecular complexity index is 1470. The molecule has 1 amide bonds. The van der Waals surface area contributed by atoms with Crippen LogP contribution < -0.4 is 16.0 Å². The summed E-state index contributed by atoms with van der Waals surface area (Å²) in [5.74, 6) is 2.39. The molecular weight excluding hydrogens is 532 g/mol. The van der Waals surface area contributed by atoms with Gasteiger partial charge in [-0.1, -0.05) is 80.1 Å². The Kier molecular flexibility index (Phi) is 8.52. The summed E-state index contributed by atoms with van der Waals surface area (Å²) in [5.41, 5.74) is 3.60. The SMILES string of the molecule is O=C(N[C@@H]1CCc2ccccc21)[C@@H](CC1CCCCC1)Nc1cc(-n2cccc2)nc(NCc2cccc(Cl)c2)n1. The first-order chi connectivity index (χ1) is 20.1. The van der Waals surface area contributed by atoms with Gasteiger partial charge in [-0.2, -0.15) is 9.97 Å². The van der Waals surface area contributed by atoms with Gasteiger partial charge in [0.15, 0.2) is 0 Å². The Hall–Kier alpha value is -3.84. The molecule has 2 aromatic heterocycles. The van der Waals surface area contributed by atoms with Crippen LogP contribution in [-0.2, 0) is 17.8 Å². The quantitative estimate of drug-likeness (QED) is 0.190. The minimum Gasteiger partial charge on any atom is -0.358 e. The lowest BCUT2D eigenvalue weighted by Gasteiger charge is -2.28. The number of carbonyl (C=O) groups is 1. The molecule has 2 aromatic carbocycles. The van der Waals surface area contributed by atoms with Crippen molar-refractivity contribution in [3.63, 3.8) is 0 Å². The zero-order valence-corrected chi connectivity index (χ0v) is 24.0. The molecule has 6 rings (SSSR count). The summed E-state index contributed by atoms with van der Waals surface area (Å²) >= 11 is 6.19. The molecule has 2 aliphatic carbocycles. The number of carbonyl (C=O) groups excluding carboxylic acids is 1. The van der Waals surface area contributed by atoms with E-state index in [4.69, 9.17) is 21.6 Å². The van der Waals surface area contributed by atoms with Gasteiger partial charge in [-0.15, -0.1) is 0 Å². The smallest absolute Gasteiger partial charge is 0.243 e. The Labute approximate surface area is 246 Å². The lowest BCUT2D eigenvalue weighted by atomic mass is 9.84.